The number of nitrogens with zero attached hydrogens (tertiary/aromatic N) is 2. The fourth-order valence-corrected chi connectivity index (χ4v) is 3.03. The smallest absolute Gasteiger partial charge is 0.0938 e. The minimum absolute atomic E-state index is 0.0633. The lowest BCUT2D eigenvalue weighted by molar-refractivity contribution is 0.639. The molecule has 1 unspecified atom stereocenters. The first-order valence-corrected chi connectivity index (χ1v) is 6.89. The van der Waals surface area contributed by atoms with Crippen LogP contribution in [0.25, 0.3) is 11.0 Å². The van der Waals surface area contributed by atoms with Crippen molar-refractivity contribution < 1.29 is 0 Å². The summed E-state index contributed by atoms with van der Waals surface area (Å²) < 4.78 is 0. The number of benzene rings is 1. The Hall–Kier alpha value is -1.82. The van der Waals surface area contributed by atoms with Crippen molar-refractivity contribution in [1.82, 2.24) is 15.4 Å². The first-order valence-electron chi connectivity index (χ1n) is 6.01. The molecule has 96 valence electrons. The van der Waals surface area contributed by atoms with Gasteiger partial charge in [0.2, 0.25) is 0 Å². The molecule has 19 heavy (non-hydrogen) atoms. The van der Waals surface area contributed by atoms with Gasteiger partial charge in [0.05, 0.1) is 17.1 Å². The van der Waals surface area contributed by atoms with Crippen molar-refractivity contribution in [2.45, 2.75) is 13.0 Å². The molecule has 0 aliphatic carbocycles. The number of aryl methyl sites for hydroxylation is 1. The van der Waals surface area contributed by atoms with Crippen LogP contribution in [-0.4, -0.2) is 9.97 Å². The highest BCUT2D eigenvalue weighted by molar-refractivity contribution is 7.10. The van der Waals surface area contributed by atoms with E-state index in [0.717, 1.165) is 16.6 Å². The van der Waals surface area contributed by atoms with E-state index in [1.807, 2.05) is 18.2 Å². The van der Waals surface area contributed by atoms with E-state index >= 15 is 0 Å². The second-order valence-corrected chi connectivity index (χ2v) is 5.42. The second-order valence-electron chi connectivity index (χ2n) is 4.30. The van der Waals surface area contributed by atoms with Crippen LogP contribution in [0.2, 0.25) is 0 Å². The average Bonchev–Trinajstić information content (AvgIpc) is 2.86. The number of para-hydroxylation sites is 1. The van der Waals surface area contributed by atoms with E-state index < -0.39 is 0 Å². The maximum atomic E-state index is 5.76. The minimum atomic E-state index is -0.0633. The van der Waals surface area contributed by atoms with Gasteiger partial charge < -0.3 is 0 Å². The molecule has 2 aromatic heterocycles. The first kappa shape index (κ1) is 12.2. The summed E-state index contributed by atoms with van der Waals surface area (Å²) in [6, 6.07) is 8.02. The zero-order valence-corrected chi connectivity index (χ0v) is 11.3. The molecule has 0 spiro atoms. The molecule has 3 N–H and O–H groups in total. The van der Waals surface area contributed by atoms with Gasteiger partial charge in [-0.1, -0.05) is 12.1 Å². The summed E-state index contributed by atoms with van der Waals surface area (Å²) in [6.07, 6.45) is 3.41. The number of hydrazine groups is 1. The third kappa shape index (κ3) is 2.12. The molecule has 4 nitrogen and oxygen atoms in total. The van der Waals surface area contributed by atoms with E-state index in [1.54, 1.807) is 23.7 Å². The van der Waals surface area contributed by atoms with Crippen molar-refractivity contribution >= 4 is 22.4 Å². The summed E-state index contributed by atoms with van der Waals surface area (Å²) >= 11 is 1.72. The summed E-state index contributed by atoms with van der Waals surface area (Å²) in [5, 5.41) is 2.08. The molecule has 5 heteroatoms. The van der Waals surface area contributed by atoms with Crippen LogP contribution < -0.4 is 11.3 Å². The van der Waals surface area contributed by atoms with Crippen LogP contribution in [0.1, 0.15) is 22.0 Å². The van der Waals surface area contributed by atoms with Crippen LogP contribution in [0.15, 0.2) is 42.0 Å². The van der Waals surface area contributed by atoms with E-state index in [4.69, 9.17) is 5.84 Å². The van der Waals surface area contributed by atoms with Gasteiger partial charge in [0.15, 0.2) is 0 Å². The lowest BCUT2D eigenvalue weighted by atomic mass is 9.98. The third-order valence-electron chi connectivity index (χ3n) is 3.22. The average molecular weight is 270 g/mol. The zero-order chi connectivity index (χ0) is 13.2. The lowest BCUT2D eigenvalue weighted by Gasteiger charge is -2.17. The standard InChI is InChI=1S/C14H14N4S/c1-9-10(5-8-19-9)13(18-15)11-3-2-4-12-14(11)17-7-6-16-12/h2-8,13,18H,15H2,1H3. The second kappa shape index (κ2) is 5.05. The van der Waals surface area contributed by atoms with E-state index in [-0.39, 0.29) is 6.04 Å². The molecular weight excluding hydrogens is 256 g/mol. The molecule has 0 saturated carbocycles. The number of hydrogen-bond acceptors (Lipinski definition) is 5. The molecule has 1 atom stereocenters. The molecular formula is C14H14N4S. The van der Waals surface area contributed by atoms with Crippen molar-refractivity contribution in [3.8, 4) is 0 Å². The fourth-order valence-electron chi connectivity index (χ4n) is 2.29. The SMILES string of the molecule is Cc1sccc1C(NN)c1cccc2nccnc12. The number of nitrogens with two attached hydrogens (primary N) is 1. The number of thiophene rings is 1. The summed E-state index contributed by atoms with van der Waals surface area (Å²) in [5.74, 6) is 5.76. The van der Waals surface area contributed by atoms with Crippen LogP contribution in [-0.2, 0) is 0 Å². The molecule has 1 aromatic carbocycles. The quantitative estimate of drug-likeness (QED) is 0.567. The molecule has 3 rings (SSSR count). The Labute approximate surface area is 115 Å². The van der Waals surface area contributed by atoms with Gasteiger partial charge in [0.1, 0.15) is 0 Å². The molecule has 0 fully saturated rings. The molecule has 0 amide bonds. The van der Waals surface area contributed by atoms with Gasteiger partial charge in [-0.3, -0.25) is 15.8 Å². The minimum Gasteiger partial charge on any atom is -0.271 e. The Morgan fingerprint density at radius 3 is 2.74 bits per heavy atom. The van der Waals surface area contributed by atoms with Gasteiger partial charge in [0, 0.05) is 22.8 Å². The Morgan fingerprint density at radius 1 is 1.16 bits per heavy atom. The van der Waals surface area contributed by atoms with Gasteiger partial charge in [-0.25, -0.2) is 5.43 Å². The molecule has 0 saturated heterocycles. The Kier molecular flexibility index (Phi) is 3.25. The summed E-state index contributed by atoms with van der Waals surface area (Å²) in [6.45, 7) is 2.10. The monoisotopic (exact) mass is 270 g/mol. The van der Waals surface area contributed by atoms with Gasteiger partial charge in [-0.2, -0.15) is 0 Å². The molecule has 3 aromatic rings. The fraction of sp³-hybridized carbons (Fsp3) is 0.143. The summed E-state index contributed by atoms with van der Waals surface area (Å²) in [5.41, 5.74) is 6.90. The van der Waals surface area contributed by atoms with Crippen molar-refractivity contribution in [2.75, 3.05) is 0 Å². The molecule has 0 aliphatic heterocycles. The van der Waals surface area contributed by atoms with Crippen LogP contribution >= 0.6 is 11.3 Å². The van der Waals surface area contributed by atoms with E-state index in [0.29, 0.717) is 0 Å². The molecule has 0 radical (unpaired) electrons. The van der Waals surface area contributed by atoms with Crippen LogP contribution in [0, 0.1) is 6.92 Å². The van der Waals surface area contributed by atoms with Gasteiger partial charge in [-0.15, -0.1) is 11.3 Å². The number of fused-ring (bicyclic) bond motifs is 1. The van der Waals surface area contributed by atoms with E-state index in [1.165, 1.54) is 10.4 Å². The molecule has 2 heterocycles. The Balaban J connectivity index is 2.20. The highest BCUT2D eigenvalue weighted by atomic mass is 32.1. The number of rotatable bonds is 3. The summed E-state index contributed by atoms with van der Waals surface area (Å²) in [7, 11) is 0. The van der Waals surface area contributed by atoms with Crippen molar-refractivity contribution in [3.63, 3.8) is 0 Å². The highest BCUT2D eigenvalue weighted by Crippen LogP contribution is 2.30. The largest absolute Gasteiger partial charge is 0.271 e. The molecule has 0 bridgehead atoms. The van der Waals surface area contributed by atoms with Crippen LogP contribution in [0.5, 0.6) is 0 Å². The topological polar surface area (TPSA) is 63.8 Å². The van der Waals surface area contributed by atoms with Gasteiger partial charge in [0.25, 0.3) is 0 Å². The summed E-state index contributed by atoms with van der Waals surface area (Å²) in [4.78, 5) is 10.0. The highest BCUT2D eigenvalue weighted by Gasteiger charge is 2.18. The number of hydrogen-bond donors (Lipinski definition) is 2. The predicted molar refractivity (Wildman–Crippen MR) is 77.8 cm³/mol. The Morgan fingerprint density at radius 2 is 2.00 bits per heavy atom. The number of nitrogens with one attached hydrogen (secondary N) is 1. The van der Waals surface area contributed by atoms with E-state index in [9.17, 15) is 0 Å². The Bertz CT molecular complexity index is 702. The van der Waals surface area contributed by atoms with Gasteiger partial charge in [-0.05, 0) is 30.0 Å². The predicted octanol–water partition coefficient (Wildman–Crippen LogP) is 2.55. The molecule has 0 aliphatic rings. The van der Waals surface area contributed by atoms with Crippen LogP contribution in [0.3, 0.4) is 0 Å². The van der Waals surface area contributed by atoms with Crippen molar-refractivity contribution in [1.29, 1.82) is 0 Å². The third-order valence-corrected chi connectivity index (χ3v) is 4.08. The lowest BCUT2D eigenvalue weighted by Crippen LogP contribution is -2.29. The maximum Gasteiger partial charge on any atom is 0.0938 e. The normalized spacial score (nSPS) is 12.7. The van der Waals surface area contributed by atoms with Crippen molar-refractivity contribution in [2.24, 2.45) is 5.84 Å². The van der Waals surface area contributed by atoms with Gasteiger partial charge >= 0.3 is 0 Å². The zero-order valence-electron chi connectivity index (χ0n) is 10.5. The van der Waals surface area contributed by atoms with Crippen LogP contribution in [0.4, 0.5) is 0 Å². The number of aromatic nitrogens is 2. The van der Waals surface area contributed by atoms with Crippen molar-refractivity contribution in [3.05, 3.63) is 58.0 Å². The van der Waals surface area contributed by atoms with E-state index in [2.05, 4.69) is 33.8 Å². The first-order chi connectivity index (χ1) is 9.31. The maximum absolute atomic E-state index is 5.76.